The summed E-state index contributed by atoms with van der Waals surface area (Å²) in [7, 11) is 1.96. The molecule has 1 fully saturated rings. The van der Waals surface area contributed by atoms with E-state index in [0.717, 1.165) is 37.3 Å². The van der Waals surface area contributed by atoms with Gasteiger partial charge in [-0.05, 0) is 46.7 Å². The van der Waals surface area contributed by atoms with Crippen molar-refractivity contribution in [2.45, 2.75) is 45.7 Å². The molecule has 0 radical (unpaired) electrons. The molecule has 0 aromatic carbocycles. The maximum atomic E-state index is 12.6. The van der Waals surface area contributed by atoms with E-state index >= 15 is 0 Å². The number of amides is 1. The SMILES string of the molecule is CN[C@H]1CCCN(C(=O)[C@H](C)n2nc(C)cc2C)C1. The van der Waals surface area contributed by atoms with Gasteiger partial charge in [-0.2, -0.15) is 5.10 Å². The Morgan fingerprint density at radius 1 is 1.53 bits per heavy atom. The lowest BCUT2D eigenvalue weighted by molar-refractivity contribution is -0.136. The zero-order valence-electron chi connectivity index (χ0n) is 12.3. The topological polar surface area (TPSA) is 50.2 Å². The summed E-state index contributed by atoms with van der Waals surface area (Å²) in [6.07, 6.45) is 2.22. The van der Waals surface area contributed by atoms with Crippen LogP contribution in [0.1, 0.15) is 37.2 Å². The predicted molar refractivity (Wildman–Crippen MR) is 75.1 cm³/mol. The average molecular weight is 264 g/mol. The summed E-state index contributed by atoms with van der Waals surface area (Å²) in [4.78, 5) is 14.5. The summed E-state index contributed by atoms with van der Waals surface area (Å²) in [5, 5.41) is 7.69. The van der Waals surface area contributed by atoms with E-state index in [1.54, 1.807) is 0 Å². The van der Waals surface area contributed by atoms with Crippen molar-refractivity contribution in [3.63, 3.8) is 0 Å². The van der Waals surface area contributed by atoms with Crippen LogP contribution in [0.15, 0.2) is 6.07 Å². The van der Waals surface area contributed by atoms with Gasteiger partial charge in [0, 0.05) is 24.8 Å². The van der Waals surface area contributed by atoms with Gasteiger partial charge in [-0.15, -0.1) is 0 Å². The molecule has 1 aromatic heterocycles. The van der Waals surface area contributed by atoms with Crippen LogP contribution in [0.25, 0.3) is 0 Å². The number of rotatable bonds is 3. The van der Waals surface area contributed by atoms with Crippen molar-refractivity contribution in [2.75, 3.05) is 20.1 Å². The zero-order valence-corrected chi connectivity index (χ0v) is 12.3. The van der Waals surface area contributed by atoms with E-state index in [0.29, 0.717) is 6.04 Å². The van der Waals surface area contributed by atoms with Crippen LogP contribution in [0.3, 0.4) is 0 Å². The van der Waals surface area contributed by atoms with Gasteiger partial charge in [0.2, 0.25) is 5.91 Å². The van der Waals surface area contributed by atoms with E-state index in [-0.39, 0.29) is 11.9 Å². The normalized spacial score (nSPS) is 21.5. The molecule has 1 aromatic rings. The minimum atomic E-state index is -0.218. The minimum Gasteiger partial charge on any atom is -0.339 e. The van der Waals surface area contributed by atoms with Gasteiger partial charge in [0.1, 0.15) is 6.04 Å². The van der Waals surface area contributed by atoms with Crippen LogP contribution in [0, 0.1) is 13.8 Å². The molecule has 1 amide bonds. The standard InChI is InChI=1S/C14H24N4O/c1-10-8-11(2)18(16-10)12(3)14(19)17-7-5-6-13(9-17)15-4/h8,12-13,15H,5-7,9H2,1-4H3/t12-,13-/m0/s1. The van der Waals surface area contributed by atoms with Crippen LogP contribution in [0.4, 0.5) is 0 Å². The Bertz CT molecular complexity index is 454. The third-order valence-electron chi connectivity index (χ3n) is 3.91. The molecule has 5 nitrogen and oxygen atoms in total. The molecule has 0 saturated carbocycles. The number of carbonyl (C=O) groups excluding carboxylic acids is 1. The molecule has 0 spiro atoms. The van der Waals surface area contributed by atoms with Gasteiger partial charge in [-0.25, -0.2) is 0 Å². The van der Waals surface area contributed by atoms with E-state index < -0.39 is 0 Å². The van der Waals surface area contributed by atoms with Gasteiger partial charge >= 0.3 is 0 Å². The van der Waals surface area contributed by atoms with Gasteiger partial charge in [-0.3, -0.25) is 9.48 Å². The summed E-state index contributed by atoms with van der Waals surface area (Å²) < 4.78 is 1.83. The lowest BCUT2D eigenvalue weighted by Gasteiger charge is -2.34. The summed E-state index contributed by atoms with van der Waals surface area (Å²) in [5.74, 6) is 0.172. The molecule has 19 heavy (non-hydrogen) atoms. The molecule has 1 aliphatic heterocycles. The van der Waals surface area contributed by atoms with Crippen molar-refractivity contribution in [3.05, 3.63) is 17.5 Å². The fourth-order valence-electron chi connectivity index (χ4n) is 2.82. The molecule has 2 atom stereocenters. The number of likely N-dealkylation sites (tertiary alicyclic amines) is 1. The highest BCUT2D eigenvalue weighted by molar-refractivity contribution is 5.80. The van der Waals surface area contributed by atoms with Crippen molar-refractivity contribution in [3.8, 4) is 0 Å². The number of nitrogens with one attached hydrogen (secondary N) is 1. The van der Waals surface area contributed by atoms with Crippen molar-refractivity contribution < 1.29 is 4.79 Å². The van der Waals surface area contributed by atoms with Crippen LogP contribution in [-0.2, 0) is 4.79 Å². The van der Waals surface area contributed by atoms with E-state index in [1.165, 1.54) is 0 Å². The Hall–Kier alpha value is -1.36. The first kappa shape index (κ1) is 14.1. The van der Waals surface area contributed by atoms with Gasteiger partial charge in [-0.1, -0.05) is 0 Å². The van der Waals surface area contributed by atoms with Gasteiger partial charge < -0.3 is 10.2 Å². The number of nitrogens with zero attached hydrogens (tertiary/aromatic N) is 3. The second kappa shape index (κ2) is 5.74. The van der Waals surface area contributed by atoms with E-state index in [1.807, 2.05) is 43.5 Å². The van der Waals surface area contributed by atoms with Crippen LogP contribution >= 0.6 is 0 Å². The second-order valence-electron chi connectivity index (χ2n) is 5.46. The van der Waals surface area contributed by atoms with Gasteiger partial charge in [0.25, 0.3) is 0 Å². The highest BCUT2D eigenvalue weighted by Gasteiger charge is 2.27. The quantitative estimate of drug-likeness (QED) is 0.894. The highest BCUT2D eigenvalue weighted by atomic mass is 16.2. The monoisotopic (exact) mass is 264 g/mol. The largest absolute Gasteiger partial charge is 0.339 e. The van der Waals surface area contributed by atoms with E-state index in [4.69, 9.17) is 0 Å². The predicted octanol–water partition coefficient (Wildman–Crippen LogP) is 1.27. The summed E-state index contributed by atoms with van der Waals surface area (Å²) in [5.41, 5.74) is 2.00. The second-order valence-corrected chi connectivity index (χ2v) is 5.46. The smallest absolute Gasteiger partial charge is 0.247 e. The maximum absolute atomic E-state index is 12.6. The van der Waals surface area contributed by atoms with Crippen LogP contribution < -0.4 is 5.32 Å². The molecule has 1 aliphatic rings. The Morgan fingerprint density at radius 2 is 2.26 bits per heavy atom. The van der Waals surface area contributed by atoms with Crippen molar-refractivity contribution in [2.24, 2.45) is 0 Å². The fourth-order valence-corrected chi connectivity index (χ4v) is 2.82. The number of carbonyl (C=O) groups is 1. The fraction of sp³-hybridized carbons (Fsp3) is 0.714. The zero-order chi connectivity index (χ0) is 14.0. The molecular weight excluding hydrogens is 240 g/mol. The number of aromatic nitrogens is 2. The molecule has 0 bridgehead atoms. The Kier molecular flexibility index (Phi) is 4.24. The number of hydrogen-bond donors (Lipinski definition) is 1. The number of hydrogen-bond acceptors (Lipinski definition) is 3. The van der Waals surface area contributed by atoms with Crippen molar-refractivity contribution >= 4 is 5.91 Å². The third-order valence-corrected chi connectivity index (χ3v) is 3.91. The average Bonchev–Trinajstić information content (AvgIpc) is 2.76. The maximum Gasteiger partial charge on any atom is 0.247 e. The lowest BCUT2D eigenvalue weighted by atomic mass is 10.1. The van der Waals surface area contributed by atoms with Crippen LogP contribution in [0.5, 0.6) is 0 Å². The van der Waals surface area contributed by atoms with Crippen LogP contribution in [0.2, 0.25) is 0 Å². The van der Waals surface area contributed by atoms with E-state index in [2.05, 4.69) is 10.4 Å². The number of aryl methyl sites for hydroxylation is 2. The van der Waals surface area contributed by atoms with Gasteiger partial charge in [0.05, 0.1) is 5.69 Å². The molecule has 1 N–H and O–H groups in total. The molecular formula is C14H24N4O. The lowest BCUT2D eigenvalue weighted by Crippen LogP contribution is -2.48. The van der Waals surface area contributed by atoms with Gasteiger partial charge in [0.15, 0.2) is 0 Å². The molecule has 0 aliphatic carbocycles. The number of piperidine rings is 1. The molecule has 0 unspecified atom stereocenters. The van der Waals surface area contributed by atoms with Crippen molar-refractivity contribution in [1.82, 2.24) is 20.0 Å². The van der Waals surface area contributed by atoms with E-state index in [9.17, 15) is 4.79 Å². The summed E-state index contributed by atoms with van der Waals surface area (Å²) in [6, 6.07) is 2.21. The molecule has 1 saturated heterocycles. The summed E-state index contributed by atoms with van der Waals surface area (Å²) in [6.45, 7) is 7.55. The van der Waals surface area contributed by atoms with Crippen LogP contribution in [-0.4, -0.2) is 46.8 Å². The third kappa shape index (κ3) is 2.97. The molecule has 2 rings (SSSR count). The highest BCUT2D eigenvalue weighted by Crippen LogP contribution is 2.17. The first-order chi connectivity index (χ1) is 9.02. The Labute approximate surface area is 115 Å². The molecule has 5 heteroatoms. The summed E-state index contributed by atoms with van der Waals surface area (Å²) >= 11 is 0. The number of likely N-dealkylation sites (N-methyl/N-ethyl adjacent to an activating group) is 1. The first-order valence-corrected chi connectivity index (χ1v) is 7.01. The Morgan fingerprint density at radius 3 is 2.84 bits per heavy atom. The molecule has 106 valence electrons. The Balaban J connectivity index is 2.08. The molecule has 2 heterocycles. The minimum absolute atomic E-state index is 0.172. The first-order valence-electron chi connectivity index (χ1n) is 7.01. The van der Waals surface area contributed by atoms with Crippen molar-refractivity contribution in [1.29, 1.82) is 0 Å².